The van der Waals surface area contributed by atoms with Crippen LogP contribution in [0.1, 0.15) is 33.1 Å². The fourth-order valence-corrected chi connectivity index (χ4v) is 1.99. The Morgan fingerprint density at radius 3 is 2.28 bits per heavy atom. The average molecular weight is 252 g/mol. The molecule has 0 aliphatic rings. The van der Waals surface area contributed by atoms with E-state index in [1.165, 1.54) is 25.0 Å². The van der Waals surface area contributed by atoms with Crippen LogP contribution in [0.25, 0.3) is 0 Å². The van der Waals surface area contributed by atoms with Crippen molar-refractivity contribution in [1.29, 1.82) is 0 Å². The monoisotopic (exact) mass is 252 g/mol. The Labute approximate surface area is 110 Å². The minimum absolute atomic E-state index is 0.181. The third-order valence-corrected chi connectivity index (χ3v) is 3.03. The molecule has 0 bridgehead atoms. The van der Waals surface area contributed by atoms with Gasteiger partial charge in [-0.2, -0.15) is 0 Å². The van der Waals surface area contributed by atoms with Crippen molar-refractivity contribution in [3.63, 3.8) is 0 Å². The molecule has 3 heteroatoms. The summed E-state index contributed by atoms with van der Waals surface area (Å²) < 4.78 is 12.9. The lowest BCUT2D eigenvalue weighted by Crippen LogP contribution is -2.27. The fourth-order valence-electron chi connectivity index (χ4n) is 1.99. The minimum atomic E-state index is -0.181. The van der Waals surface area contributed by atoms with Gasteiger partial charge in [0, 0.05) is 18.8 Å². The van der Waals surface area contributed by atoms with Crippen LogP contribution < -0.4 is 10.6 Å². The molecule has 0 aliphatic heterocycles. The first-order valence-electron chi connectivity index (χ1n) is 6.84. The van der Waals surface area contributed by atoms with Gasteiger partial charge < -0.3 is 10.6 Å². The van der Waals surface area contributed by atoms with E-state index in [0.717, 1.165) is 31.1 Å². The maximum absolute atomic E-state index is 12.9. The highest BCUT2D eigenvalue weighted by Crippen LogP contribution is 2.16. The van der Waals surface area contributed by atoms with Crippen molar-refractivity contribution < 1.29 is 4.39 Å². The summed E-state index contributed by atoms with van der Waals surface area (Å²) in [5, 5.41) is 0. The highest BCUT2D eigenvalue weighted by Gasteiger charge is 2.06. The number of nitrogens with two attached hydrogens (primary N) is 1. The molecule has 0 fully saturated rings. The molecular formula is C15H25FN2. The van der Waals surface area contributed by atoms with Gasteiger partial charge in [-0.3, -0.25) is 0 Å². The molecule has 1 aromatic carbocycles. The van der Waals surface area contributed by atoms with E-state index < -0.39 is 0 Å². The van der Waals surface area contributed by atoms with Gasteiger partial charge in [0.25, 0.3) is 0 Å². The molecule has 1 rings (SSSR count). The summed E-state index contributed by atoms with van der Waals surface area (Å²) in [6.45, 7) is 7.14. The Kier molecular flexibility index (Phi) is 6.73. The van der Waals surface area contributed by atoms with E-state index in [1.807, 2.05) is 12.1 Å². The molecule has 18 heavy (non-hydrogen) atoms. The predicted octanol–water partition coefficient (Wildman–Crippen LogP) is 3.42. The van der Waals surface area contributed by atoms with Gasteiger partial charge in [0.2, 0.25) is 0 Å². The normalized spacial score (nSPS) is 10.9. The van der Waals surface area contributed by atoms with Crippen molar-refractivity contribution in [3.8, 4) is 0 Å². The van der Waals surface area contributed by atoms with Crippen LogP contribution in [0.4, 0.5) is 10.1 Å². The number of anilines is 1. The first kappa shape index (κ1) is 15.0. The number of benzene rings is 1. The zero-order valence-electron chi connectivity index (χ0n) is 11.5. The van der Waals surface area contributed by atoms with Crippen LogP contribution in [-0.2, 0) is 0 Å². The second-order valence-corrected chi connectivity index (χ2v) is 5.14. The molecule has 2 N–H and O–H groups in total. The van der Waals surface area contributed by atoms with Crippen LogP contribution in [-0.4, -0.2) is 19.6 Å². The summed E-state index contributed by atoms with van der Waals surface area (Å²) in [4.78, 5) is 2.30. The molecule has 102 valence electrons. The zero-order valence-corrected chi connectivity index (χ0v) is 11.5. The molecule has 0 saturated heterocycles. The number of hydrogen-bond donors (Lipinski definition) is 1. The van der Waals surface area contributed by atoms with Crippen LogP contribution in [0.15, 0.2) is 24.3 Å². The van der Waals surface area contributed by atoms with E-state index in [4.69, 9.17) is 5.73 Å². The maximum Gasteiger partial charge on any atom is 0.123 e. The van der Waals surface area contributed by atoms with Gasteiger partial charge in [-0.15, -0.1) is 0 Å². The van der Waals surface area contributed by atoms with E-state index in [9.17, 15) is 4.39 Å². The van der Waals surface area contributed by atoms with Crippen molar-refractivity contribution in [1.82, 2.24) is 0 Å². The van der Waals surface area contributed by atoms with Gasteiger partial charge >= 0.3 is 0 Å². The SMILES string of the molecule is CC(C)CCCN(CCCN)c1ccc(F)cc1. The van der Waals surface area contributed by atoms with Crippen LogP contribution in [0, 0.1) is 11.7 Å². The molecule has 0 amide bonds. The van der Waals surface area contributed by atoms with Crippen molar-refractivity contribution in [3.05, 3.63) is 30.1 Å². The molecule has 0 atom stereocenters. The molecule has 2 nitrogen and oxygen atoms in total. The molecule has 0 aliphatic carbocycles. The van der Waals surface area contributed by atoms with Gasteiger partial charge in [0.15, 0.2) is 0 Å². The topological polar surface area (TPSA) is 29.3 Å². The summed E-state index contributed by atoms with van der Waals surface area (Å²) in [6, 6.07) is 6.74. The molecular weight excluding hydrogens is 227 g/mol. The molecule has 0 radical (unpaired) electrons. The molecule has 0 heterocycles. The maximum atomic E-state index is 12.9. The van der Waals surface area contributed by atoms with Gasteiger partial charge in [-0.05, 0) is 56.0 Å². The quantitative estimate of drug-likeness (QED) is 0.768. The smallest absolute Gasteiger partial charge is 0.123 e. The van der Waals surface area contributed by atoms with E-state index in [1.54, 1.807) is 0 Å². The van der Waals surface area contributed by atoms with E-state index >= 15 is 0 Å². The van der Waals surface area contributed by atoms with Crippen LogP contribution in [0.3, 0.4) is 0 Å². The summed E-state index contributed by atoms with van der Waals surface area (Å²) >= 11 is 0. The first-order chi connectivity index (χ1) is 8.63. The van der Waals surface area contributed by atoms with E-state index in [0.29, 0.717) is 6.54 Å². The van der Waals surface area contributed by atoms with Crippen molar-refractivity contribution in [2.75, 3.05) is 24.5 Å². The Balaban J connectivity index is 2.56. The minimum Gasteiger partial charge on any atom is -0.371 e. The lowest BCUT2D eigenvalue weighted by molar-refractivity contribution is 0.547. The molecule has 0 unspecified atom stereocenters. The van der Waals surface area contributed by atoms with Gasteiger partial charge in [-0.1, -0.05) is 13.8 Å². The standard InChI is InChI=1S/C15H25FN2/c1-13(2)5-3-11-18(12-4-10-17)15-8-6-14(16)7-9-15/h6-9,13H,3-5,10-12,17H2,1-2H3. The lowest BCUT2D eigenvalue weighted by atomic mass is 10.1. The zero-order chi connectivity index (χ0) is 13.4. The summed E-state index contributed by atoms with van der Waals surface area (Å²) in [6.07, 6.45) is 3.36. The summed E-state index contributed by atoms with van der Waals surface area (Å²) in [5.41, 5.74) is 6.66. The molecule has 0 spiro atoms. The highest BCUT2D eigenvalue weighted by molar-refractivity contribution is 5.46. The van der Waals surface area contributed by atoms with Crippen LogP contribution >= 0.6 is 0 Å². The lowest BCUT2D eigenvalue weighted by Gasteiger charge is -2.25. The van der Waals surface area contributed by atoms with Crippen molar-refractivity contribution in [2.45, 2.75) is 33.1 Å². The van der Waals surface area contributed by atoms with Crippen LogP contribution in [0.2, 0.25) is 0 Å². The number of hydrogen-bond acceptors (Lipinski definition) is 2. The predicted molar refractivity (Wildman–Crippen MR) is 76.4 cm³/mol. The highest BCUT2D eigenvalue weighted by atomic mass is 19.1. The Hall–Kier alpha value is -1.09. The van der Waals surface area contributed by atoms with Crippen molar-refractivity contribution in [2.24, 2.45) is 11.7 Å². The molecule has 1 aromatic rings. The van der Waals surface area contributed by atoms with E-state index in [2.05, 4.69) is 18.7 Å². The molecule has 0 aromatic heterocycles. The largest absolute Gasteiger partial charge is 0.371 e. The van der Waals surface area contributed by atoms with E-state index in [-0.39, 0.29) is 5.82 Å². The Morgan fingerprint density at radius 2 is 1.72 bits per heavy atom. The number of halogens is 1. The Bertz CT molecular complexity index is 322. The fraction of sp³-hybridized carbons (Fsp3) is 0.600. The second-order valence-electron chi connectivity index (χ2n) is 5.14. The number of nitrogens with zero attached hydrogens (tertiary/aromatic N) is 1. The second kappa shape index (κ2) is 8.09. The Morgan fingerprint density at radius 1 is 1.11 bits per heavy atom. The third kappa shape index (κ3) is 5.50. The van der Waals surface area contributed by atoms with Gasteiger partial charge in [0.1, 0.15) is 5.82 Å². The summed E-state index contributed by atoms with van der Waals surface area (Å²) in [7, 11) is 0. The van der Waals surface area contributed by atoms with Gasteiger partial charge in [0.05, 0.1) is 0 Å². The average Bonchev–Trinajstić information content (AvgIpc) is 2.34. The summed E-state index contributed by atoms with van der Waals surface area (Å²) in [5.74, 6) is 0.550. The first-order valence-corrected chi connectivity index (χ1v) is 6.84. The molecule has 0 saturated carbocycles. The van der Waals surface area contributed by atoms with Crippen molar-refractivity contribution >= 4 is 5.69 Å². The van der Waals surface area contributed by atoms with Crippen LogP contribution in [0.5, 0.6) is 0 Å². The van der Waals surface area contributed by atoms with Gasteiger partial charge in [-0.25, -0.2) is 4.39 Å². The number of rotatable bonds is 8. The third-order valence-electron chi connectivity index (χ3n) is 3.03.